The molecule has 0 aliphatic rings. The normalized spacial score (nSPS) is 10.8. The lowest BCUT2D eigenvalue weighted by Crippen LogP contribution is -2.07. The van der Waals surface area contributed by atoms with Gasteiger partial charge in [0.1, 0.15) is 11.3 Å². The van der Waals surface area contributed by atoms with Crippen molar-refractivity contribution in [3.8, 4) is 0 Å². The van der Waals surface area contributed by atoms with E-state index in [9.17, 15) is 0 Å². The van der Waals surface area contributed by atoms with Crippen LogP contribution in [0.2, 0.25) is 0 Å². The van der Waals surface area contributed by atoms with Crippen LogP contribution in [0.5, 0.6) is 0 Å². The number of oxazole rings is 1. The maximum atomic E-state index is 5.74. The van der Waals surface area contributed by atoms with Gasteiger partial charge in [0.15, 0.2) is 12.0 Å². The van der Waals surface area contributed by atoms with Crippen LogP contribution in [0.4, 0.5) is 11.5 Å². The van der Waals surface area contributed by atoms with Gasteiger partial charge in [-0.2, -0.15) is 0 Å². The Kier molecular flexibility index (Phi) is 3.25. The van der Waals surface area contributed by atoms with E-state index in [2.05, 4.69) is 21.4 Å². The van der Waals surface area contributed by atoms with E-state index in [1.807, 2.05) is 31.2 Å². The van der Waals surface area contributed by atoms with Crippen molar-refractivity contribution >= 4 is 22.6 Å². The summed E-state index contributed by atoms with van der Waals surface area (Å²) in [5, 5.41) is 3.29. The molecule has 0 aliphatic heterocycles. The largest absolute Gasteiger partial charge is 0.443 e. The van der Waals surface area contributed by atoms with Crippen LogP contribution in [0.25, 0.3) is 11.1 Å². The Labute approximate surface area is 116 Å². The Bertz CT molecular complexity index is 736. The quantitative estimate of drug-likeness (QED) is 0.760. The molecule has 3 aromatic rings. The van der Waals surface area contributed by atoms with Crippen molar-refractivity contribution in [3.05, 3.63) is 48.0 Å². The first kappa shape index (κ1) is 12.5. The average molecular weight is 268 g/mol. The van der Waals surface area contributed by atoms with Gasteiger partial charge in [0.05, 0.1) is 11.4 Å². The van der Waals surface area contributed by atoms with Crippen molar-refractivity contribution < 1.29 is 4.42 Å². The number of nitrogens with one attached hydrogen (secondary N) is 1. The summed E-state index contributed by atoms with van der Waals surface area (Å²) in [6.07, 6.45) is 2.36. The molecule has 0 atom stereocenters. The first-order valence-corrected chi connectivity index (χ1v) is 6.51. The summed E-state index contributed by atoms with van der Waals surface area (Å²) >= 11 is 0. The number of nitrogens with zero attached hydrogens (tertiary/aromatic N) is 2. The number of rotatable bonds is 4. The molecule has 0 bridgehead atoms. The molecular weight excluding hydrogens is 252 g/mol. The van der Waals surface area contributed by atoms with Crippen molar-refractivity contribution in [3.63, 3.8) is 0 Å². The number of fused-ring (bicyclic) bond motifs is 1. The van der Waals surface area contributed by atoms with Crippen LogP contribution in [0.15, 0.2) is 41.1 Å². The zero-order valence-corrected chi connectivity index (χ0v) is 11.3. The Morgan fingerprint density at radius 2 is 2.15 bits per heavy atom. The highest BCUT2D eigenvalue weighted by Crippen LogP contribution is 2.15. The summed E-state index contributed by atoms with van der Waals surface area (Å²) in [6, 6.07) is 9.81. The fourth-order valence-corrected chi connectivity index (χ4v) is 2.06. The molecule has 102 valence electrons. The number of nitrogen functional groups attached to an aromatic ring is 1. The van der Waals surface area contributed by atoms with Gasteiger partial charge >= 0.3 is 0 Å². The molecule has 0 radical (unpaired) electrons. The molecule has 2 aromatic heterocycles. The van der Waals surface area contributed by atoms with Gasteiger partial charge in [-0.25, -0.2) is 9.97 Å². The lowest BCUT2D eigenvalue weighted by Gasteiger charge is -2.07. The van der Waals surface area contributed by atoms with Crippen LogP contribution in [-0.2, 0) is 6.42 Å². The highest BCUT2D eigenvalue weighted by Gasteiger charge is 2.01. The van der Waals surface area contributed by atoms with Gasteiger partial charge in [-0.05, 0) is 43.2 Å². The Hall–Kier alpha value is -2.56. The van der Waals surface area contributed by atoms with Crippen molar-refractivity contribution in [2.24, 2.45) is 0 Å². The van der Waals surface area contributed by atoms with Crippen molar-refractivity contribution in [1.29, 1.82) is 0 Å². The van der Waals surface area contributed by atoms with E-state index in [1.54, 1.807) is 0 Å². The zero-order chi connectivity index (χ0) is 13.9. The second kappa shape index (κ2) is 5.21. The molecule has 2 heterocycles. The number of aryl methyl sites for hydroxylation is 1. The molecular formula is C15H16N4O. The van der Waals surface area contributed by atoms with Gasteiger partial charge in [0.25, 0.3) is 0 Å². The third-order valence-electron chi connectivity index (χ3n) is 3.24. The summed E-state index contributed by atoms with van der Waals surface area (Å²) in [5.74, 6) is 0.845. The van der Waals surface area contributed by atoms with E-state index in [4.69, 9.17) is 10.2 Å². The van der Waals surface area contributed by atoms with E-state index in [-0.39, 0.29) is 0 Å². The monoisotopic (exact) mass is 268 g/mol. The lowest BCUT2D eigenvalue weighted by molar-refractivity contribution is 0.601. The first-order valence-electron chi connectivity index (χ1n) is 6.51. The van der Waals surface area contributed by atoms with Gasteiger partial charge in [0.2, 0.25) is 0 Å². The van der Waals surface area contributed by atoms with Gasteiger partial charge in [-0.3, -0.25) is 0 Å². The van der Waals surface area contributed by atoms with Gasteiger partial charge < -0.3 is 15.5 Å². The maximum Gasteiger partial charge on any atom is 0.181 e. The number of benzene rings is 1. The van der Waals surface area contributed by atoms with Crippen LogP contribution < -0.4 is 11.1 Å². The summed E-state index contributed by atoms with van der Waals surface area (Å²) in [7, 11) is 0. The number of pyridine rings is 1. The standard InChI is InChI=1S/C15H16N4O/c1-10-12(16)3-5-15(19-10)17-7-6-11-2-4-13-14(8-11)20-9-18-13/h2-5,8-9H,6-7,16H2,1H3,(H,17,19). The van der Waals surface area contributed by atoms with E-state index < -0.39 is 0 Å². The summed E-state index contributed by atoms with van der Waals surface area (Å²) in [6.45, 7) is 2.70. The molecule has 5 nitrogen and oxygen atoms in total. The molecule has 0 aliphatic carbocycles. The van der Waals surface area contributed by atoms with Crippen molar-refractivity contribution in [2.75, 3.05) is 17.6 Å². The number of hydrogen-bond donors (Lipinski definition) is 2. The highest BCUT2D eigenvalue weighted by molar-refractivity contribution is 5.72. The van der Waals surface area contributed by atoms with Crippen LogP contribution >= 0.6 is 0 Å². The molecule has 1 aromatic carbocycles. The smallest absolute Gasteiger partial charge is 0.181 e. The molecule has 5 heteroatoms. The van der Waals surface area contributed by atoms with Crippen LogP contribution in [0, 0.1) is 6.92 Å². The number of hydrogen-bond acceptors (Lipinski definition) is 5. The Morgan fingerprint density at radius 1 is 1.25 bits per heavy atom. The minimum Gasteiger partial charge on any atom is -0.443 e. The molecule has 20 heavy (non-hydrogen) atoms. The van der Waals surface area contributed by atoms with Crippen molar-refractivity contribution in [1.82, 2.24) is 9.97 Å². The number of nitrogens with two attached hydrogens (primary N) is 1. The Morgan fingerprint density at radius 3 is 3.00 bits per heavy atom. The third-order valence-corrected chi connectivity index (χ3v) is 3.24. The molecule has 0 saturated carbocycles. The van der Waals surface area contributed by atoms with E-state index in [1.165, 1.54) is 12.0 Å². The van der Waals surface area contributed by atoms with E-state index in [0.29, 0.717) is 5.69 Å². The van der Waals surface area contributed by atoms with Crippen LogP contribution in [0.1, 0.15) is 11.3 Å². The maximum absolute atomic E-state index is 5.74. The van der Waals surface area contributed by atoms with Gasteiger partial charge in [-0.15, -0.1) is 0 Å². The summed E-state index contributed by atoms with van der Waals surface area (Å²) in [5.41, 5.74) is 10.2. The van der Waals surface area contributed by atoms with Gasteiger partial charge in [0, 0.05) is 6.54 Å². The second-order valence-electron chi connectivity index (χ2n) is 4.70. The molecule has 3 rings (SSSR count). The first-order chi connectivity index (χ1) is 9.72. The van der Waals surface area contributed by atoms with Crippen molar-refractivity contribution in [2.45, 2.75) is 13.3 Å². The molecule has 0 fully saturated rings. The number of anilines is 2. The highest BCUT2D eigenvalue weighted by atomic mass is 16.3. The molecule has 0 spiro atoms. The molecule has 0 unspecified atom stereocenters. The lowest BCUT2D eigenvalue weighted by atomic mass is 10.1. The van der Waals surface area contributed by atoms with Crippen LogP contribution in [-0.4, -0.2) is 16.5 Å². The predicted octanol–water partition coefficient (Wildman–Crippen LogP) is 2.77. The fraction of sp³-hybridized carbons (Fsp3) is 0.200. The topological polar surface area (TPSA) is 77.0 Å². The minimum atomic E-state index is 0.714. The zero-order valence-electron chi connectivity index (χ0n) is 11.3. The molecule has 0 saturated heterocycles. The second-order valence-corrected chi connectivity index (χ2v) is 4.70. The SMILES string of the molecule is Cc1nc(NCCc2ccc3ncoc3c2)ccc1N. The summed E-state index contributed by atoms with van der Waals surface area (Å²) < 4.78 is 5.29. The fourth-order valence-electron chi connectivity index (χ4n) is 2.06. The van der Waals surface area contributed by atoms with Crippen LogP contribution in [0.3, 0.4) is 0 Å². The molecule has 0 amide bonds. The van der Waals surface area contributed by atoms with E-state index in [0.717, 1.165) is 35.6 Å². The predicted molar refractivity (Wildman–Crippen MR) is 79.6 cm³/mol. The summed E-state index contributed by atoms with van der Waals surface area (Å²) in [4.78, 5) is 8.48. The third kappa shape index (κ3) is 2.56. The van der Waals surface area contributed by atoms with E-state index >= 15 is 0 Å². The Balaban J connectivity index is 1.62. The minimum absolute atomic E-state index is 0.714. The molecule has 3 N–H and O–H groups in total. The number of aromatic nitrogens is 2. The van der Waals surface area contributed by atoms with Gasteiger partial charge in [-0.1, -0.05) is 6.07 Å². The average Bonchev–Trinajstić information content (AvgIpc) is 2.90.